The summed E-state index contributed by atoms with van der Waals surface area (Å²) in [6.07, 6.45) is 1.78. The van der Waals surface area contributed by atoms with Crippen molar-refractivity contribution in [2.24, 2.45) is 5.73 Å². The Balaban J connectivity index is 2.63. The Labute approximate surface area is 77.0 Å². The van der Waals surface area contributed by atoms with E-state index in [1.54, 1.807) is 11.3 Å². The van der Waals surface area contributed by atoms with E-state index in [0.717, 1.165) is 17.7 Å². The molecule has 0 amide bonds. The fraction of sp³-hybridized carbons (Fsp3) is 0.556. The van der Waals surface area contributed by atoms with Crippen molar-refractivity contribution in [3.63, 3.8) is 0 Å². The van der Waals surface area contributed by atoms with Gasteiger partial charge in [-0.25, -0.2) is 0 Å². The molecule has 0 spiro atoms. The number of hydrogen-bond donors (Lipinski definition) is 2. The Morgan fingerprint density at radius 3 is 2.92 bits per heavy atom. The van der Waals surface area contributed by atoms with Crippen molar-refractivity contribution in [1.29, 1.82) is 0 Å². The first kappa shape index (κ1) is 9.71. The van der Waals surface area contributed by atoms with Gasteiger partial charge in [0.05, 0.1) is 0 Å². The van der Waals surface area contributed by atoms with Crippen LogP contribution in [0, 0.1) is 0 Å². The minimum absolute atomic E-state index is 0.312. The third kappa shape index (κ3) is 2.30. The smallest absolute Gasteiger partial charge is 0.100 e. The summed E-state index contributed by atoms with van der Waals surface area (Å²) in [6.45, 7) is 2.46. The summed E-state index contributed by atoms with van der Waals surface area (Å²) in [5, 5.41) is 9.40. The van der Waals surface area contributed by atoms with Crippen LogP contribution in [0.2, 0.25) is 0 Å². The van der Waals surface area contributed by atoms with Crippen molar-refractivity contribution in [1.82, 2.24) is 0 Å². The highest BCUT2D eigenvalue weighted by Gasteiger charge is 2.07. The van der Waals surface area contributed by atoms with Gasteiger partial charge in [0.2, 0.25) is 0 Å². The zero-order valence-corrected chi connectivity index (χ0v) is 8.10. The molecule has 0 unspecified atom stereocenters. The van der Waals surface area contributed by atoms with E-state index in [4.69, 9.17) is 5.73 Å². The maximum atomic E-state index is 9.40. The zero-order valence-electron chi connectivity index (χ0n) is 7.29. The molecular formula is C9H15NOS. The quantitative estimate of drug-likeness (QED) is 0.750. The number of aliphatic hydroxyl groups excluding tert-OH is 1. The van der Waals surface area contributed by atoms with E-state index in [2.05, 4.69) is 13.0 Å². The minimum atomic E-state index is -0.472. The van der Waals surface area contributed by atoms with Gasteiger partial charge in [-0.1, -0.05) is 13.3 Å². The molecule has 0 aromatic carbocycles. The number of rotatable bonds is 4. The lowest BCUT2D eigenvalue weighted by Crippen LogP contribution is -2.09. The fourth-order valence-corrected chi connectivity index (χ4v) is 2.18. The molecule has 0 fully saturated rings. The molecule has 68 valence electrons. The molecule has 0 bridgehead atoms. The maximum Gasteiger partial charge on any atom is 0.100 e. The first-order chi connectivity index (χ1) is 5.77. The van der Waals surface area contributed by atoms with Crippen LogP contribution in [0.1, 0.15) is 29.2 Å². The summed E-state index contributed by atoms with van der Waals surface area (Å²) >= 11 is 1.66. The van der Waals surface area contributed by atoms with Gasteiger partial charge in [0.1, 0.15) is 6.10 Å². The van der Waals surface area contributed by atoms with Gasteiger partial charge in [-0.2, -0.15) is 0 Å². The van der Waals surface area contributed by atoms with Crippen LogP contribution in [-0.2, 0) is 6.42 Å². The van der Waals surface area contributed by atoms with Crippen molar-refractivity contribution in [2.45, 2.75) is 25.9 Å². The normalized spacial score (nSPS) is 13.2. The van der Waals surface area contributed by atoms with Crippen molar-refractivity contribution in [3.05, 3.63) is 21.9 Å². The topological polar surface area (TPSA) is 46.2 Å². The van der Waals surface area contributed by atoms with Crippen molar-refractivity contribution < 1.29 is 5.11 Å². The number of nitrogens with two attached hydrogens (primary N) is 1. The van der Waals surface area contributed by atoms with E-state index in [9.17, 15) is 5.11 Å². The highest BCUT2D eigenvalue weighted by atomic mass is 32.1. The Morgan fingerprint density at radius 1 is 1.58 bits per heavy atom. The van der Waals surface area contributed by atoms with Crippen LogP contribution in [-0.4, -0.2) is 11.7 Å². The molecule has 0 aliphatic rings. The van der Waals surface area contributed by atoms with Gasteiger partial charge in [-0.3, -0.25) is 0 Å². The Morgan fingerprint density at radius 2 is 2.33 bits per heavy atom. The van der Waals surface area contributed by atoms with Crippen molar-refractivity contribution in [3.8, 4) is 0 Å². The van der Waals surface area contributed by atoms with E-state index in [-0.39, 0.29) is 0 Å². The lowest BCUT2D eigenvalue weighted by Gasteiger charge is -2.02. The van der Waals surface area contributed by atoms with Gasteiger partial charge in [0, 0.05) is 16.3 Å². The molecule has 3 heteroatoms. The minimum Gasteiger partial charge on any atom is -0.386 e. The molecule has 0 saturated heterocycles. The zero-order chi connectivity index (χ0) is 8.97. The molecule has 0 aliphatic carbocycles. The number of aliphatic hydroxyl groups is 1. The molecule has 1 atom stereocenters. The lowest BCUT2D eigenvalue weighted by molar-refractivity contribution is 0.190. The number of thiophene rings is 1. The fourth-order valence-electron chi connectivity index (χ4n) is 1.07. The highest BCUT2D eigenvalue weighted by molar-refractivity contribution is 7.12. The molecule has 2 nitrogen and oxygen atoms in total. The Hall–Kier alpha value is -0.380. The predicted octanol–water partition coefficient (Wildman–Crippen LogP) is 1.69. The van der Waals surface area contributed by atoms with Crippen LogP contribution in [0.25, 0.3) is 0 Å². The largest absolute Gasteiger partial charge is 0.386 e. The van der Waals surface area contributed by atoms with Crippen molar-refractivity contribution >= 4 is 11.3 Å². The molecule has 0 saturated carbocycles. The van der Waals surface area contributed by atoms with Gasteiger partial charge in [0.25, 0.3) is 0 Å². The van der Waals surface area contributed by atoms with Crippen LogP contribution in [0.15, 0.2) is 12.1 Å². The molecular weight excluding hydrogens is 170 g/mol. The van der Waals surface area contributed by atoms with Crippen LogP contribution < -0.4 is 5.73 Å². The molecule has 1 aromatic heterocycles. The molecule has 1 rings (SSSR count). The molecule has 3 N–H and O–H groups in total. The molecule has 0 aliphatic heterocycles. The van der Waals surface area contributed by atoms with Crippen LogP contribution in [0.4, 0.5) is 0 Å². The summed E-state index contributed by atoms with van der Waals surface area (Å²) in [5.41, 5.74) is 5.34. The lowest BCUT2D eigenvalue weighted by atomic mass is 10.2. The predicted molar refractivity (Wildman–Crippen MR) is 52.3 cm³/mol. The summed E-state index contributed by atoms with van der Waals surface area (Å²) in [4.78, 5) is 2.32. The van der Waals surface area contributed by atoms with Gasteiger partial charge < -0.3 is 10.8 Å². The van der Waals surface area contributed by atoms with Crippen LogP contribution in [0.5, 0.6) is 0 Å². The number of aryl methyl sites for hydroxylation is 1. The van der Waals surface area contributed by atoms with E-state index in [0.29, 0.717) is 6.54 Å². The van der Waals surface area contributed by atoms with Gasteiger partial charge in [-0.05, 0) is 18.6 Å². The van der Waals surface area contributed by atoms with Crippen molar-refractivity contribution in [2.75, 3.05) is 6.54 Å². The monoisotopic (exact) mass is 185 g/mol. The average molecular weight is 185 g/mol. The van der Waals surface area contributed by atoms with E-state index in [1.807, 2.05) is 6.07 Å². The average Bonchev–Trinajstić information content (AvgIpc) is 2.52. The standard InChI is InChI=1S/C9H15NOS/c1-2-3-7-4-5-9(12-7)8(11)6-10/h4-5,8,11H,2-3,6,10H2,1H3/t8-/m1/s1. The Bertz CT molecular complexity index is 234. The summed E-state index contributed by atoms with van der Waals surface area (Å²) < 4.78 is 0. The molecule has 0 radical (unpaired) electrons. The second kappa shape index (κ2) is 4.60. The van der Waals surface area contributed by atoms with Gasteiger partial charge in [-0.15, -0.1) is 11.3 Å². The maximum absolute atomic E-state index is 9.40. The first-order valence-corrected chi connectivity index (χ1v) is 5.06. The molecule has 1 heterocycles. The summed E-state index contributed by atoms with van der Waals surface area (Å²) in [7, 11) is 0. The van der Waals surface area contributed by atoms with Gasteiger partial charge in [0.15, 0.2) is 0 Å². The first-order valence-electron chi connectivity index (χ1n) is 4.24. The van der Waals surface area contributed by atoms with Crippen LogP contribution in [0.3, 0.4) is 0 Å². The van der Waals surface area contributed by atoms with E-state index >= 15 is 0 Å². The second-order valence-electron chi connectivity index (χ2n) is 2.81. The van der Waals surface area contributed by atoms with Crippen LogP contribution >= 0.6 is 11.3 Å². The second-order valence-corrected chi connectivity index (χ2v) is 4.01. The summed E-state index contributed by atoms with van der Waals surface area (Å²) in [6, 6.07) is 4.04. The third-order valence-corrected chi connectivity index (χ3v) is 2.98. The summed E-state index contributed by atoms with van der Waals surface area (Å²) in [5.74, 6) is 0. The third-order valence-electron chi connectivity index (χ3n) is 1.73. The SMILES string of the molecule is CCCc1ccc([C@H](O)CN)s1. The van der Waals surface area contributed by atoms with E-state index in [1.165, 1.54) is 4.88 Å². The molecule has 1 aromatic rings. The Kier molecular flexibility index (Phi) is 3.72. The van der Waals surface area contributed by atoms with Gasteiger partial charge >= 0.3 is 0 Å². The number of hydrogen-bond acceptors (Lipinski definition) is 3. The molecule has 12 heavy (non-hydrogen) atoms. The van der Waals surface area contributed by atoms with E-state index < -0.39 is 6.10 Å². The highest BCUT2D eigenvalue weighted by Crippen LogP contribution is 2.23.